The summed E-state index contributed by atoms with van der Waals surface area (Å²) >= 11 is 1.59. The Morgan fingerprint density at radius 1 is 1.89 bits per heavy atom. The van der Waals surface area contributed by atoms with Gasteiger partial charge in [0, 0.05) is 0 Å². The number of hydrogen-bond donors (Lipinski definition) is 1. The van der Waals surface area contributed by atoms with E-state index in [9.17, 15) is 0 Å². The predicted octanol–water partition coefficient (Wildman–Crippen LogP) is -0.224. The fourth-order valence-electron chi connectivity index (χ4n) is 0.818. The highest BCUT2D eigenvalue weighted by Crippen LogP contribution is 2.31. The predicted molar refractivity (Wildman–Crippen MR) is 41.4 cm³/mol. The molecule has 0 aromatic carbocycles. The summed E-state index contributed by atoms with van der Waals surface area (Å²) in [6, 6.07) is 2.08. The van der Waals surface area contributed by atoms with Gasteiger partial charge in [0.2, 0.25) is 0 Å². The molecule has 2 N–H and O–H groups in total. The average molecular weight is 138 g/mol. The Hall–Kier alpha value is -0.555. The number of hydrogen-bond acceptors (Lipinski definition) is 3. The van der Waals surface area contributed by atoms with Crippen molar-refractivity contribution in [3.8, 4) is 6.07 Å². The van der Waals surface area contributed by atoms with Gasteiger partial charge in [0.15, 0.2) is 0 Å². The Labute approximate surface area is 59.5 Å². The van der Waals surface area contributed by atoms with Gasteiger partial charge in [-0.15, -0.1) is 11.8 Å². The number of nitrogens with zero attached hydrogens (tertiary/aromatic N) is 1. The summed E-state index contributed by atoms with van der Waals surface area (Å²) in [7, 11) is 2.07. The van der Waals surface area contributed by atoms with Crippen molar-refractivity contribution in [2.45, 2.75) is 11.6 Å². The first-order valence-electron chi connectivity index (χ1n) is 2.79. The quantitative estimate of drug-likeness (QED) is 0.470. The normalized spacial score (nSPS) is 26.3. The van der Waals surface area contributed by atoms with Crippen LogP contribution in [-0.2, 0) is 0 Å². The Kier molecular flexibility index (Phi) is 1.72. The Morgan fingerprint density at radius 3 is 2.78 bits per heavy atom. The van der Waals surface area contributed by atoms with Gasteiger partial charge in [-0.2, -0.15) is 5.26 Å². The molecule has 0 radical (unpaired) electrons. The minimum Gasteiger partial charge on any atom is -0.393 e. The van der Waals surface area contributed by atoms with Gasteiger partial charge in [-0.05, 0) is 11.6 Å². The fourth-order valence-corrected chi connectivity index (χ4v) is 1.77. The summed E-state index contributed by atoms with van der Waals surface area (Å²) in [5.74, 6) is 0. The molecule has 0 aromatic heterocycles. The third kappa shape index (κ3) is 1.22. The van der Waals surface area contributed by atoms with Crippen molar-refractivity contribution in [2.24, 2.45) is 5.73 Å². The zero-order chi connectivity index (χ0) is 6.85. The van der Waals surface area contributed by atoms with Gasteiger partial charge < -0.3 is 5.73 Å². The molecular formula is C5H7BN2S. The molecule has 0 aliphatic carbocycles. The van der Waals surface area contributed by atoms with Crippen LogP contribution in [0.15, 0.2) is 10.6 Å². The van der Waals surface area contributed by atoms with Crippen LogP contribution < -0.4 is 5.73 Å². The van der Waals surface area contributed by atoms with E-state index < -0.39 is 0 Å². The molecule has 0 fully saturated rings. The van der Waals surface area contributed by atoms with Gasteiger partial charge in [-0.1, -0.05) is 0 Å². The topological polar surface area (TPSA) is 49.8 Å². The van der Waals surface area contributed by atoms with Crippen molar-refractivity contribution < 1.29 is 0 Å². The minimum atomic E-state index is 0.500. The molecular weight excluding hydrogens is 131 g/mol. The molecule has 1 aliphatic heterocycles. The monoisotopic (exact) mass is 138 g/mol. The van der Waals surface area contributed by atoms with Crippen molar-refractivity contribution in [1.82, 2.24) is 0 Å². The fraction of sp³-hybridized carbons (Fsp3) is 0.400. The lowest BCUT2D eigenvalue weighted by Gasteiger charge is -1.94. The molecule has 2 nitrogen and oxygen atoms in total. The van der Waals surface area contributed by atoms with Crippen LogP contribution in [0.1, 0.15) is 6.42 Å². The van der Waals surface area contributed by atoms with Gasteiger partial charge in [-0.25, -0.2) is 0 Å². The lowest BCUT2D eigenvalue weighted by atomic mass is 9.98. The largest absolute Gasteiger partial charge is 0.393 e. The summed E-state index contributed by atoms with van der Waals surface area (Å²) in [6.45, 7) is 0. The van der Waals surface area contributed by atoms with Crippen LogP contribution in [0.3, 0.4) is 0 Å². The second-order valence-electron chi connectivity index (χ2n) is 2.09. The van der Waals surface area contributed by atoms with Crippen LogP contribution >= 0.6 is 11.8 Å². The lowest BCUT2D eigenvalue weighted by molar-refractivity contribution is 1.12. The van der Waals surface area contributed by atoms with E-state index in [1.165, 1.54) is 0 Å². The van der Waals surface area contributed by atoms with Crippen LogP contribution in [0.25, 0.3) is 0 Å². The first kappa shape index (κ1) is 6.56. The molecule has 0 saturated carbocycles. The molecule has 4 heteroatoms. The van der Waals surface area contributed by atoms with Gasteiger partial charge in [-0.3, -0.25) is 0 Å². The van der Waals surface area contributed by atoms with E-state index in [0.29, 0.717) is 10.2 Å². The summed E-state index contributed by atoms with van der Waals surface area (Å²) < 4.78 is 0. The van der Waals surface area contributed by atoms with E-state index in [1.54, 1.807) is 11.8 Å². The maximum Gasteiger partial charge on any atom is 0.119 e. The van der Waals surface area contributed by atoms with Crippen molar-refractivity contribution in [3.05, 3.63) is 10.6 Å². The van der Waals surface area contributed by atoms with Crippen LogP contribution in [0.4, 0.5) is 0 Å². The van der Waals surface area contributed by atoms with E-state index >= 15 is 0 Å². The molecule has 1 unspecified atom stereocenters. The molecule has 1 aliphatic rings. The lowest BCUT2D eigenvalue weighted by Crippen LogP contribution is -1.95. The van der Waals surface area contributed by atoms with Gasteiger partial charge in [0.25, 0.3) is 0 Å². The zero-order valence-corrected chi connectivity index (χ0v) is 6.03. The number of nitriles is 1. The Balaban J connectivity index is 2.73. The molecule has 1 rings (SSSR count). The third-order valence-corrected chi connectivity index (χ3v) is 2.32. The van der Waals surface area contributed by atoms with Crippen molar-refractivity contribution in [2.75, 3.05) is 0 Å². The summed E-state index contributed by atoms with van der Waals surface area (Å²) in [6.07, 6.45) is 0.840. The van der Waals surface area contributed by atoms with Crippen molar-refractivity contribution in [3.63, 3.8) is 0 Å². The molecule has 46 valence electrons. The smallest absolute Gasteiger partial charge is 0.119 e. The number of rotatable bonds is 0. The van der Waals surface area contributed by atoms with E-state index in [-0.39, 0.29) is 0 Å². The summed E-state index contributed by atoms with van der Waals surface area (Å²) in [4.78, 5) is 0. The minimum absolute atomic E-state index is 0.500. The van der Waals surface area contributed by atoms with E-state index in [0.717, 1.165) is 12.0 Å². The maximum atomic E-state index is 8.45. The molecule has 1 atom stereocenters. The highest BCUT2D eigenvalue weighted by molar-refractivity contribution is 8.04. The van der Waals surface area contributed by atoms with Gasteiger partial charge in [0.05, 0.1) is 16.7 Å². The molecule has 0 saturated heterocycles. The highest BCUT2D eigenvalue weighted by atomic mass is 32.2. The van der Waals surface area contributed by atoms with Crippen LogP contribution in [0.5, 0.6) is 0 Å². The molecule has 0 bridgehead atoms. The first-order chi connectivity index (χ1) is 4.24. The first-order valence-corrected chi connectivity index (χ1v) is 3.67. The SMILES string of the molecule is BC1CC(C#N)=C(N)S1. The zero-order valence-electron chi connectivity index (χ0n) is 5.22. The summed E-state index contributed by atoms with van der Waals surface area (Å²) in [5.41, 5.74) is 6.26. The van der Waals surface area contributed by atoms with Crippen LogP contribution in [0.2, 0.25) is 0 Å². The Morgan fingerprint density at radius 2 is 2.56 bits per heavy atom. The third-order valence-electron chi connectivity index (χ3n) is 1.25. The highest BCUT2D eigenvalue weighted by Gasteiger charge is 2.18. The number of allylic oxidation sites excluding steroid dienone is 1. The molecule has 0 aromatic rings. The maximum absolute atomic E-state index is 8.45. The van der Waals surface area contributed by atoms with Crippen LogP contribution in [0, 0.1) is 11.3 Å². The Bertz CT molecular complexity index is 194. The summed E-state index contributed by atoms with van der Waals surface area (Å²) in [5, 5.41) is 9.67. The van der Waals surface area contributed by atoms with Gasteiger partial charge in [0.1, 0.15) is 7.85 Å². The van der Waals surface area contributed by atoms with Crippen LogP contribution in [-0.4, -0.2) is 13.0 Å². The number of thioether (sulfide) groups is 1. The average Bonchev–Trinajstić information content (AvgIpc) is 2.10. The van der Waals surface area contributed by atoms with E-state index in [1.807, 2.05) is 0 Å². The molecule has 0 spiro atoms. The second-order valence-corrected chi connectivity index (χ2v) is 3.57. The van der Waals surface area contributed by atoms with E-state index in [2.05, 4.69) is 13.9 Å². The van der Waals surface area contributed by atoms with Crippen molar-refractivity contribution >= 4 is 19.6 Å². The van der Waals surface area contributed by atoms with E-state index in [4.69, 9.17) is 11.0 Å². The molecule has 0 amide bonds. The van der Waals surface area contributed by atoms with Gasteiger partial charge >= 0.3 is 0 Å². The number of nitrogens with two attached hydrogens (primary N) is 1. The molecule has 1 heterocycles. The molecule has 9 heavy (non-hydrogen) atoms. The second kappa shape index (κ2) is 2.36. The van der Waals surface area contributed by atoms with Crippen molar-refractivity contribution in [1.29, 1.82) is 5.26 Å². The standard InChI is InChI=1S/C5H7BN2S/c6-4-1-3(2-7)5(8)9-4/h4H,1,6,8H2.